The summed E-state index contributed by atoms with van der Waals surface area (Å²) < 4.78 is 13.2. The van der Waals surface area contributed by atoms with Gasteiger partial charge >= 0.3 is 0 Å². The van der Waals surface area contributed by atoms with Gasteiger partial charge in [-0.2, -0.15) is 0 Å². The Bertz CT molecular complexity index is 818. The molecule has 0 saturated carbocycles. The molecule has 5 nitrogen and oxygen atoms in total. The van der Waals surface area contributed by atoms with E-state index in [1.165, 1.54) is 6.07 Å². The minimum atomic E-state index is -0.207. The standard InChI is InChI=1S/C23H31FN4O/c1-4-5-13-26-22(29)20-8-6-18(7-9-20)16-28-23(25-3)27-14-12-19-10-11-21(24)15-17(19)2/h6-11,15H,4-5,12-14,16H2,1-3H3,(H,26,29)(H2,25,27,28). The molecule has 2 aromatic rings. The topological polar surface area (TPSA) is 65.5 Å². The van der Waals surface area contributed by atoms with Crippen LogP contribution in [0.3, 0.4) is 0 Å². The number of hydrogen-bond acceptors (Lipinski definition) is 2. The molecule has 0 bridgehead atoms. The highest BCUT2D eigenvalue weighted by atomic mass is 19.1. The van der Waals surface area contributed by atoms with Gasteiger partial charge < -0.3 is 16.0 Å². The monoisotopic (exact) mass is 398 g/mol. The minimum absolute atomic E-state index is 0.0356. The van der Waals surface area contributed by atoms with E-state index in [0.717, 1.165) is 36.0 Å². The molecule has 3 N–H and O–H groups in total. The van der Waals surface area contributed by atoms with E-state index in [1.54, 1.807) is 13.1 Å². The lowest BCUT2D eigenvalue weighted by molar-refractivity contribution is 0.0953. The first-order valence-corrected chi connectivity index (χ1v) is 10.1. The molecular weight excluding hydrogens is 367 g/mol. The average molecular weight is 399 g/mol. The quantitative estimate of drug-likeness (QED) is 0.344. The molecule has 0 aliphatic rings. The van der Waals surface area contributed by atoms with Crippen molar-refractivity contribution >= 4 is 11.9 Å². The van der Waals surface area contributed by atoms with E-state index in [4.69, 9.17) is 0 Å². The summed E-state index contributed by atoms with van der Waals surface area (Å²) in [5, 5.41) is 9.45. The van der Waals surface area contributed by atoms with Gasteiger partial charge in [0, 0.05) is 32.2 Å². The van der Waals surface area contributed by atoms with Crippen LogP contribution in [-0.2, 0) is 13.0 Å². The summed E-state index contributed by atoms with van der Waals surface area (Å²) in [5.74, 6) is 0.457. The van der Waals surface area contributed by atoms with Gasteiger partial charge in [0.25, 0.3) is 5.91 Å². The van der Waals surface area contributed by atoms with Crippen LogP contribution < -0.4 is 16.0 Å². The maximum atomic E-state index is 13.2. The van der Waals surface area contributed by atoms with Gasteiger partial charge in [-0.25, -0.2) is 4.39 Å². The zero-order valence-corrected chi connectivity index (χ0v) is 17.5. The fraction of sp³-hybridized carbons (Fsp3) is 0.391. The highest BCUT2D eigenvalue weighted by Crippen LogP contribution is 2.10. The van der Waals surface area contributed by atoms with Crippen LogP contribution in [0.1, 0.15) is 46.8 Å². The van der Waals surface area contributed by atoms with Gasteiger partial charge in [0.1, 0.15) is 5.82 Å². The summed E-state index contributed by atoms with van der Waals surface area (Å²) in [7, 11) is 1.72. The number of amides is 1. The molecular formula is C23H31FN4O. The zero-order chi connectivity index (χ0) is 21.1. The van der Waals surface area contributed by atoms with Crippen molar-refractivity contribution in [3.63, 3.8) is 0 Å². The van der Waals surface area contributed by atoms with Gasteiger partial charge in [-0.3, -0.25) is 9.79 Å². The second-order valence-electron chi connectivity index (χ2n) is 6.98. The summed E-state index contributed by atoms with van der Waals surface area (Å²) in [5.41, 5.74) is 3.80. The molecule has 0 radical (unpaired) electrons. The van der Waals surface area contributed by atoms with Crippen molar-refractivity contribution in [1.29, 1.82) is 0 Å². The smallest absolute Gasteiger partial charge is 0.251 e. The third-order valence-corrected chi connectivity index (χ3v) is 4.71. The van der Waals surface area contributed by atoms with Crippen molar-refractivity contribution in [3.8, 4) is 0 Å². The van der Waals surface area contributed by atoms with E-state index in [9.17, 15) is 9.18 Å². The van der Waals surface area contributed by atoms with Crippen LogP contribution in [0, 0.1) is 12.7 Å². The Labute approximate surface area is 172 Å². The predicted octanol–water partition coefficient (Wildman–Crippen LogP) is 3.57. The van der Waals surface area contributed by atoms with Crippen LogP contribution in [0.2, 0.25) is 0 Å². The molecule has 29 heavy (non-hydrogen) atoms. The lowest BCUT2D eigenvalue weighted by atomic mass is 10.1. The number of nitrogens with one attached hydrogen (secondary N) is 3. The number of aryl methyl sites for hydroxylation is 1. The molecule has 2 aromatic carbocycles. The van der Waals surface area contributed by atoms with Crippen molar-refractivity contribution in [2.45, 2.75) is 39.7 Å². The van der Waals surface area contributed by atoms with E-state index in [-0.39, 0.29) is 11.7 Å². The van der Waals surface area contributed by atoms with Gasteiger partial charge in [-0.15, -0.1) is 0 Å². The van der Waals surface area contributed by atoms with Gasteiger partial charge in [-0.1, -0.05) is 31.5 Å². The number of carbonyl (C=O) groups excluding carboxylic acids is 1. The van der Waals surface area contributed by atoms with E-state index in [2.05, 4.69) is 27.9 Å². The number of benzene rings is 2. The summed E-state index contributed by atoms with van der Waals surface area (Å²) >= 11 is 0. The van der Waals surface area contributed by atoms with E-state index in [1.807, 2.05) is 37.3 Å². The van der Waals surface area contributed by atoms with Crippen LogP contribution in [0.15, 0.2) is 47.5 Å². The molecule has 0 atom stereocenters. The van der Waals surface area contributed by atoms with Gasteiger partial charge in [-0.05, 0) is 60.7 Å². The first-order chi connectivity index (χ1) is 14.0. The van der Waals surface area contributed by atoms with E-state index < -0.39 is 0 Å². The minimum Gasteiger partial charge on any atom is -0.356 e. The van der Waals surface area contributed by atoms with E-state index >= 15 is 0 Å². The van der Waals surface area contributed by atoms with Crippen molar-refractivity contribution in [1.82, 2.24) is 16.0 Å². The molecule has 0 fully saturated rings. The Kier molecular flexibility index (Phi) is 9.15. The average Bonchev–Trinajstić information content (AvgIpc) is 2.72. The van der Waals surface area contributed by atoms with Crippen LogP contribution in [0.25, 0.3) is 0 Å². The third kappa shape index (κ3) is 7.56. The van der Waals surface area contributed by atoms with E-state index in [0.29, 0.717) is 31.2 Å². The molecule has 156 valence electrons. The lowest BCUT2D eigenvalue weighted by Gasteiger charge is -2.13. The highest BCUT2D eigenvalue weighted by molar-refractivity contribution is 5.94. The molecule has 0 spiro atoms. The first-order valence-electron chi connectivity index (χ1n) is 10.1. The van der Waals surface area contributed by atoms with Gasteiger partial charge in [0.15, 0.2) is 5.96 Å². The summed E-state index contributed by atoms with van der Waals surface area (Å²) in [6.45, 7) is 6.02. The van der Waals surface area contributed by atoms with Crippen LogP contribution >= 0.6 is 0 Å². The number of carbonyl (C=O) groups is 1. The summed E-state index contributed by atoms with van der Waals surface area (Å²) in [6.07, 6.45) is 2.83. The SMILES string of the molecule is CCCCNC(=O)c1ccc(CNC(=NC)NCCc2ccc(F)cc2C)cc1. The number of rotatable bonds is 9. The maximum absolute atomic E-state index is 13.2. The Morgan fingerprint density at radius 2 is 1.79 bits per heavy atom. The summed E-state index contributed by atoms with van der Waals surface area (Å²) in [4.78, 5) is 16.3. The second kappa shape index (κ2) is 11.8. The number of hydrogen-bond donors (Lipinski definition) is 3. The molecule has 0 saturated heterocycles. The number of halogens is 1. The molecule has 0 aliphatic heterocycles. The van der Waals surface area contributed by atoms with Crippen LogP contribution in [0.5, 0.6) is 0 Å². The van der Waals surface area contributed by atoms with Crippen molar-refractivity contribution in [3.05, 3.63) is 70.5 Å². The molecule has 1 amide bonds. The Morgan fingerprint density at radius 1 is 1.03 bits per heavy atom. The Morgan fingerprint density at radius 3 is 2.45 bits per heavy atom. The Hall–Kier alpha value is -2.89. The number of aliphatic imine (C=N–C) groups is 1. The fourth-order valence-corrected chi connectivity index (χ4v) is 2.92. The number of nitrogens with zero attached hydrogens (tertiary/aromatic N) is 1. The lowest BCUT2D eigenvalue weighted by Crippen LogP contribution is -2.37. The van der Waals surface area contributed by atoms with Crippen molar-refractivity contribution in [2.24, 2.45) is 4.99 Å². The zero-order valence-electron chi connectivity index (χ0n) is 17.5. The second-order valence-corrected chi connectivity index (χ2v) is 6.98. The number of guanidine groups is 1. The summed E-state index contributed by atoms with van der Waals surface area (Å²) in [6, 6.07) is 12.4. The molecule has 0 aromatic heterocycles. The molecule has 6 heteroatoms. The largest absolute Gasteiger partial charge is 0.356 e. The highest BCUT2D eigenvalue weighted by Gasteiger charge is 2.05. The molecule has 0 unspecified atom stereocenters. The first kappa shape index (κ1) is 22.4. The van der Waals surface area contributed by atoms with Gasteiger partial charge in [0.2, 0.25) is 0 Å². The maximum Gasteiger partial charge on any atom is 0.251 e. The Balaban J connectivity index is 1.77. The van der Waals surface area contributed by atoms with Gasteiger partial charge in [0.05, 0.1) is 0 Å². The van der Waals surface area contributed by atoms with Crippen molar-refractivity contribution < 1.29 is 9.18 Å². The van der Waals surface area contributed by atoms with Crippen LogP contribution in [0.4, 0.5) is 4.39 Å². The predicted molar refractivity (Wildman–Crippen MR) is 117 cm³/mol. The normalized spacial score (nSPS) is 11.2. The third-order valence-electron chi connectivity index (χ3n) is 4.71. The molecule has 0 heterocycles. The van der Waals surface area contributed by atoms with Crippen LogP contribution in [-0.4, -0.2) is 32.0 Å². The molecule has 2 rings (SSSR count). The van der Waals surface area contributed by atoms with Crippen molar-refractivity contribution in [2.75, 3.05) is 20.1 Å². The molecule has 0 aliphatic carbocycles. The fourth-order valence-electron chi connectivity index (χ4n) is 2.92. The number of unbranched alkanes of at least 4 members (excludes halogenated alkanes) is 1.